The third-order valence-electron chi connectivity index (χ3n) is 2.13. The lowest BCUT2D eigenvalue weighted by Crippen LogP contribution is -2.20. The SMILES string of the molecule is COc1cnn(C(C)C)c1C(=O)CS(C)(=O)=O. The highest BCUT2D eigenvalue weighted by Crippen LogP contribution is 2.21. The minimum Gasteiger partial charge on any atom is -0.493 e. The van der Waals surface area contributed by atoms with Crippen LogP contribution in [-0.2, 0) is 9.84 Å². The largest absolute Gasteiger partial charge is 0.493 e. The maximum atomic E-state index is 11.9. The molecule has 1 heterocycles. The summed E-state index contributed by atoms with van der Waals surface area (Å²) in [7, 11) is -1.95. The summed E-state index contributed by atoms with van der Waals surface area (Å²) in [5, 5.41) is 4.01. The number of carbonyl (C=O) groups excluding carboxylic acids is 1. The monoisotopic (exact) mass is 260 g/mol. The summed E-state index contributed by atoms with van der Waals surface area (Å²) in [6, 6.07) is -0.0441. The average Bonchev–Trinajstić information content (AvgIpc) is 2.57. The Morgan fingerprint density at radius 3 is 2.53 bits per heavy atom. The second-order valence-corrected chi connectivity index (χ2v) is 6.23. The van der Waals surface area contributed by atoms with E-state index in [4.69, 9.17) is 4.74 Å². The summed E-state index contributed by atoms with van der Waals surface area (Å²) in [6.45, 7) is 3.70. The molecule has 0 fully saturated rings. The van der Waals surface area contributed by atoms with E-state index in [1.807, 2.05) is 13.8 Å². The molecule has 1 aromatic rings. The Morgan fingerprint density at radius 1 is 1.53 bits per heavy atom. The average molecular weight is 260 g/mol. The number of rotatable bonds is 5. The summed E-state index contributed by atoms with van der Waals surface area (Å²) in [5.74, 6) is -0.746. The van der Waals surface area contributed by atoms with Gasteiger partial charge in [-0.05, 0) is 13.8 Å². The fourth-order valence-electron chi connectivity index (χ4n) is 1.46. The van der Waals surface area contributed by atoms with Crippen molar-refractivity contribution in [3.8, 4) is 5.75 Å². The van der Waals surface area contributed by atoms with Crippen molar-refractivity contribution in [2.75, 3.05) is 19.1 Å². The Bertz CT molecular complexity index is 516. The highest BCUT2D eigenvalue weighted by atomic mass is 32.2. The van der Waals surface area contributed by atoms with E-state index >= 15 is 0 Å². The Kier molecular flexibility index (Phi) is 3.92. The van der Waals surface area contributed by atoms with E-state index in [1.165, 1.54) is 18.0 Å². The molecule has 0 aliphatic heterocycles. The molecule has 0 spiro atoms. The van der Waals surface area contributed by atoms with Crippen LogP contribution in [0.1, 0.15) is 30.4 Å². The third kappa shape index (κ3) is 3.29. The lowest BCUT2D eigenvalue weighted by Gasteiger charge is -2.10. The number of carbonyl (C=O) groups is 1. The van der Waals surface area contributed by atoms with Gasteiger partial charge in [0.1, 0.15) is 11.4 Å². The van der Waals surface area contributed by atoms with E-state index in [0.29, 0.717) is 5.75 Å². The molecular weight excluding hydrogens is 244 g/mol. The number of nitrogens with zero attached hydrogens (tertiary/aromatic N) is 2. The molecule has 17 heavy (non-hydrogen) atoms. The van der Waals surface area contributed by atoms with Crippen LogP contribution in [0.4, 0.5) is 0 Å². The fraction of sp³-hybridized carbons (Fsp3) is 0.600. The van der Waals surface area contributed by atoms with Gasteiger partial charge in [0.25, 0.3) is 0 Å². The van der Waals surface area contributed by atoms with Gasteiger partial charge in [0.2, 0.25) is 0 Å². The standard InChI is InChI=1S/C10H16N2O4S/c1-7(2)12-10(9(16-3)5-11-12)8(13)6-17(4,14)15/h5,7H,6H2,1-4H3. The van der Waals surface area contributed by atoms with Gasteiger partial charge in [-0.25, -0.2) is 8.42 Å². The summed E-state index contributed by atoms with van der Waals surface area (Å²) >= 11 is 0. The predicted octanol–water partition coefficient (Wildman–Crippen LogP) is 0.700. The topological polar surface area (TPSA) is 78.3 Å². The Morgan fingerprint density at radius 2 is 2.12 bits per heavy atom. The maximum absolute atomic E-state index is 11.9. The van der Waals surface area contributed by atoms with Crippen molar-refractivity contribution in [3.05, 3.63) is 11.9 Å². The zero-order chi connectivity index (χ0) is 13.2. The molecule has 0 aliphatic rings. The quantitative estimate of drug-likeness (QED) is 0.728. The molecule has 1 rings (SSSR count). The molecule has 7 heteroatoms. The first kappa shape index (κ1) is 13.7. The fourth-order valence-corrected chi connectivity index (χ4v) is 2.07. The predicted molar refractivity (Wildman–Crippen MR) is 63.2 cm³/mol. The molecular formula is C10H16N2O4S. The lowest BCUT2D eigenvalue weighted by atomic mass is 10.2. The molecule has 0 unspecified atom stereocenters. The molecule has 0 aromatic carbocycles. The first-order chi connectivity index (χ1) is 7.76. The molecule has 0 N–H and O–H groups in total. The van der Waals surface area contributed by atoms with Crippen molar-refractivity contribution >= 4 is 15.6 Å². The first-order valence-corrected chi connectivity index (χ1v) is 7.14. The van der Waals surface area contributed by atoms with Crippen LogP contribution in [0.25, 0.3) is 0 Å². The van der Waals surface area contributed by atoms with Crippen LogP contribution in [0, 0.1) is 0 Å². The van der Waals surface area contributed by atoms with Gasteiger partial charge < -0.3 is 4.74 Å². The van der Waals surface area contributed by atoms with E-state index in [-0.39, 0.29) is 11.7 Å². The Labute approximate surface area is 100 Å². The molecule has 0 aliphatic carbocycles. The number of ether oxygens (including phenoxy) is 1. The molecule has 0 saturated heterocycles. The third-order valence-corrected chi connectivity index (χ3v) is 2.91. The van der Waals surface area contributed by atoms with Crippen LogP contribution in [0.2, 0.25) is 0 Å². The van der Waals surface area contributed by atoms with Crippen molar-refractivity contribution in [1.29, 1.82) is 0 Å². The Balaban J connectivity index is 3.19. The summed E-state index contributed by atoms with van der Waals surface area (Å²) in [6.07, 6.45) is 2.43. The molecule has 0 radical (unpaired) electrons. The molecule has 0 atom stereocenters. The summed E-state index contributed by atoms with van der Waals surface area (Å²) in [4.78, 5) is 11.9. The van der Waals surface area contributed by atoms with Crippen LogP contribution in [0.5, 0.6) is 5.75 Å². The molecule has 0 bridgehead atoms. The zero-order valence-corrected chi connectivity index (χ0v) is 11.1. The normalized spacial score (nSPS) is 11.8. The smallest absolute Gasteiger partial charge is 0.199 e. The number of ketones is 1. The van der Waals surface area contributed by atoms with Crippen molar-refractivity contribution in [2.24, 2.45) is 0 Å². The van der Waals surface area contributed by atoms with Gasteiger partial charge in [0.05, 0.1) is 13.3 Å². The van der Waals surface area contributed by atoms with Crippen molar-refractivity contribution in [1.82, 2.24) is 9.78 Å². The lowest BCUT2D eigenvalue weighted by molar-refractivity contribution is 0.100. The Hall–Kier alpha value is -1.37. The van der Waals surface area contributed by atoms with Gasteiger partial charge in [-0.15, -0.1) is 0 Å². The van der Waals surface area contributed by atoms with Gasteiger partial charge in [-0.2, -0.15) is 5.10 Å². The van der Waals surface area contributed by atoms with Crippen LogP contribution in [0.3, 0.4) is 0 Å². The number of hydrogen-bond donors (Lipinski definition) is 0. The first-order valence-electron chi connectivity index (χ1n) is 5.08. The summed E-state index contributed by atoms with van der Waals surface area (Å²) in [5.41, 5.74) is 0.202. The van der Waals surface area contributed by atoms with E-state index < -0.39 is 21.4 Å². The van der Waals surface area contributed by atoms with E-state index in [1.54, 1.807) is 0 Å². The second-order valence-electron chi connectivity index (χ2n) is 4.09. The highest BCUT2D eigenvalue weighted by molar-refractivity contribution is 7.91. The minimum atomic E-state index is -3.36. The van der Waals surface area contributed by atoms with Crippen LogP contribution >= 0.6 is 0 Å². The van der Waals surface area contributed by atoms with E-state index in [9.17, 15) is 13.2 Å². The van der Waals surface area contributed by atoms with E-state index in [2.05, 4.69) is 5.10 Å². The number of sulfone groups is 1. The summed E-state index contributed by atoms with van der Waals surface area (Å²) < 4.78 is 28.7. The number of methoxy groups -OCH3 is 1. The zero-order valence-electron chi connectivity index (χ0n) is 10.3. The van der Waals surface area contributed by atoms with Crippen molar-refractivity contribution in [2.45, 2.75) is 19.9 Å². The molecule has 0 amide bonds. The molecule has 96 valence electrons. The van der Waals surface area contributed by atoms with Crippen LogP contribution in [0.15, 0.2) is 6.20 Å². The molecule has 6 nitrogen and oxygen atoms in total. The maximum Gasteiger partial charge on any atom is 0.199 e. The van der Waals surface area contributed by atoms with Gasteiger partial charge in [0, 0.05) is 12.3 Å². The van der Waals surface area contributed by atoms with Crippen LogP contribution < -0.4 is 4.74 Å². The molecule has 0 saturated carbocycles. The highest BCUT2D eigenvalue weighted by Gasteiger charge is 2.23. The van der Waals surface area contributed by atoms with E-state index in [0.717, 1.165) is 6.26 Å². The number of aromatic nitrogens is 2. The number of Topliss-reactive ketones (excluding diaryl/α,β-unsaturated/α-hetero) is 1. The second kappa shape index (κ2) is 4.87. The van der Waals surface area contributed by atoms with Gasteiger partial charge in [-0.1, -0.05) is 0 Å². The van der Waals surface area contributed by atoms with Gasteiger partial charge in [-0.3, -0.25) is 9.48 Å². The van der Waals surface area contributed by atoms with Gasteiger partial charge in [0.15, 0.2) is 21.4 Å². The van der Waals surface area contributed by atoms with Crippen molar-refractivity contribution < 1.29 is 17.9 Å². The molecule has 1 aromatic heterocycles. The van der Waals surface area contributed by atoms with Gasteiger partial charge >= 0.3 is 0 Å². The van der Waals surface area contributed by atoms with Crippen LogP contribution in [-0.4, -0.2) is 43.1 Å². The minimum absolute atomic E-state index is 0.0441. The number of hydrogen-bond acceptors (Lipinski definition) is 5. The van der Waals surface area contributed by atoms with Crippen molar-refractivity contribution in [3.63, 3.8) is 0 Å².